The van der Waals surface area contributed by atoms with E-state index in [-0.39, 0.29) is 25.6 Å². The van der Waals surface area contributed by atoms with Gasteiger partial charge in [0.15, 0.2) is 0 Å². The molecule has 0 aliphatic carbocycles. The van der Waals surface area contributed by atoms with Crippen LogP contribution >= 0.6 is 0 Å². The summed E-state index contributed by atoms with van der Waals surface area (Å²) in [5.74, 6) is -0.641. The van der Waals surface area contributed by atoms with Crippen molar-refractivity contribution in [3.05, 3.63) is 65.7 Å². The molecule has 9 heteroatoms. The highest BCUT2D eigenvalue weighted by Crippen LogP contribution is 2.13. The second-order valence-corrected chi connectivity index (χ2v) is 5.86. The number of nitrogens with one attached hydrogen (secondary N) is 3. The van der Waals surface area contributed by atoms with Crippen molar-refractivity contribution in [2.24, 2.45) is 0 Å². The molecule has 0 atom stereocenters. The predicted octanol–water partition coefficient (Wildman–Crippen LogP) is 0.948. The predicted molar refractivity (Wildman–Crippen MR) is 102 cm³/mol. The minimum atomic E-state index is -0.877. The van der Waals surface area contributed by atoms with Gasteiger partial charge < -0.3 is 20.6 Å². The van der Waals surface area contributed by atoms with E-state index in [0.29, 0.717) is 17.8 Å². The first kappa shape index (κ1) is 20.9. The number of urea groups is 1. The van der Waals surface area contributed by atoms with Gasteiger partial charge in [-0.05, 0) is 29.8 Å². The number of anilines is 1. The van der Waals surface area contributed by atoms with E-state index in [4.69, 9.17) is 5.21 Å². The number of carbonyl (C=O) groups is 3. The van der Waals surface area contributed by atoms with Crippen molar-refractivity contribution in [1.82, 2.24) is 15.7 Å². The van der Waals surface area contributed by atoms with Crippen LogP contribution in [-0.4, -0.2) is 52.8 Å². The molecule has 0 radical (unpaired) electrons. The van der Waals surface area contributed by atoms with E-state index in [9.17, 15) is 19.5 Å². The summed E-state index contributed by atoms with van der Waals surface area (Å²) in [6, 6.07) is 14.8. The Labute approximate surface area is 161 Å². The normalized spacial score (nSPS) is 10.1. The summed E-state index contributed by atoms with van der Waals surface area (Å²) in [6.07, 6.45) is 0. The van der Waals surface area contributed by atoms with Gasteiger partial charge in [-0.15, -0.1) is 0 Å². The topological polar surface area (TPSA) is 131 Å². The van der Waals surface area contributed by atoms with Crippen molar-refractivity contribution >= 4 is 23.5 Å². The van der Waals surface area contributed by atoms with Crippen molar-refractivity contribution in [2.75, 3.05) is 25.0 Å². The smallest absolute Gasteiger partial charge is 0.338 e. The molecule has 5 N–H and O–H groups in total. The van der Waals surface area contributed by atoms with Gasteiger partial charge in [-0.25, -0.2) is 10.3 Å². The highest BCUT2D eigenvalue weighted by atomic mass is 16.5. The van der Waals surface area contributed by atoms with Crippen LogP contribution in [0.4, 0.5) is 10.5 Å². The molecule has 2 aromatic rings. The molecule has 0 saturated heterocycles. The number of hydrogen-bond donors (Lipinski definition) is 5. The van der Waals surface area contributed by atoms with E-state index in [1.807, 2.05) is 6.07 Å². The Morgan fingerprint density at radius 1 is 0.964 bits per heavy atom. The molecular weight excluding hydrogens is 364 g/mol. The lowest BCUT2D eigenvalue weighted by atomic mass is 10.1. The Hall–Kier alpha value is -3.43. The molecule has 0 fully saturated rings. The van der Waals surface area contributed by atoms with Crippen LogP contribution < -0.4 is 16.1 Å². The van der Waals surface area contributed by atoms with Crippen LogP contribution in [0.3, 0.4) is 0 Å². The van der Waals surface area contributed by atoms with Gasteiger partial charge in [0.25, 0.3) is 5.91 Å². The molecule has 4 amide bonds. The molecule has 0 unspecified atom stereocenters. The lowest BCUT2D eigenvalue weighted by Gasteiger charge is -2.22. The molecule has 0 heterocycles. The molecule has 0 aromatic heterocycles. The van der Waals surface area contributed by atoms with Crippen LogP contribution in [0.5, 0.6) is 0 Å². The van der Waals surface area contributed by atoms with Gasteiger partial charge in [0.05, 0.1) is 13.2 Å². The van der Waals surface area contributed by atoms with Crippen LogP contribution in [0, 0.1) is 0 Å². The Kier molecular flexibility index (Phi) is 7.94. The summed E-state index contributed by atoms with van der Waals surface area (Å²) in [6.45, 7) is 0.0523. The first-order valence-electron chi connectivity index (χ1n) is 8.55. The Morgan fingerprint density at radius 2 is 1.64 bits per heavy atom. The molecular formula is C19H22N4O5. The summed E-state index contributed by atoms with van der Waals surface area (Å²) >= 11 is 0. The number of hydrogen-bond acceptors (Lipinski definition) is 5. The number of nitrogens with zero attached hydrogens (tertiary/aromatic N) is 1. The molecule has 0 saturated carbocycles. The zero-order valence-electron chi connectivity index (χ0n) is 15.1. The summed E-state index contributed by atoms with van der Waals surface area (Å²) < 4.78 is 0. The number of amides is 4. The van der Waals surface area contributed by atoms with Gasteiger partial charge >= 0.3 is 6.03 Å². The van der Waals surface area contributed by atoms with Crippen molar-refractivity contribution in [2.45, 2.75) is 6.54 Å². The molecule has 28 heavy (non-hydrogen) atoms. The standard InChI is InChI=1S/C19H22N4O5/c24-11-10-23(18(26)15-4-2-1-3-5-15)13-14-6-8-16(9-7-14)21-17(25)12-20-19(27)22-28/h1-9,24,28H,10-13H2,(H,21,25)(H2,20,22,27). The maximum Gasteiger partial charge on any atom is 0.338 e. The number of benzene rings is 2. The molecule has 0 bridgehead atoms. The fourth-order valence-electron chi connectivity index (χ4n) is 2.46. The van der Waals surface area contributed by atoms with E-state index < -0.39 is 11.9 Å². The number of carbonyl (C=O) groups excluding carboxylic acids is 3. The molecule has 148 valence electrons. The third kappa shape index (κ3) is 6.38. The maximum atomic E-state index is 12.6. The van der Waals surface area contributed by atoms with Gasteiger partial charge in [-0.2, -0.15) is 0 Å². The molecule has 2 rings (SSSR count). The molecule has 0 aliphatic heterocycles. The first-order chi connectivity index (χ1) is 13.5. The minimum Gasteiger partial charge on any atom is -0.395 e. The highest BCUT2D eigenvalue weighted by Gasteiger charge is 2.15. The lowest BCUT2D eigenvalue weighted by Crippen LogP contribution is -2.38. The van der Waals surface area contributed by atoms with Gasteiger partial charge in [0.2, 0.25) is 5.91 Å². The third-order valence-electron chi connectivity index (χ3n) is 3.80. The van der Waals surface area contributed by atoms with E-state index in [1.165, 1.54) is 5.48 Å². The van der Waals surface area contributed by atoms with Crippen molar-refractivity contribution in [1.29, 1.82) is 0 Å². The number of hydroxylamine groups is 1. The molecule has 2 aromatic carbocycles. The summed E-state index contributed by atoms with van der Waals surface area (Å²) in [5, 5.41) is 22.4. The van der Waals surface area contributed by atoms with Crippen molar-refractivity contribution < 1.29 is 24.7 Å². The second-order valence-electron chi connectivity index (χ2n) is 5.86. The van der Waals surface area contributed by atoms with Crippen LogP contribution in [0.25, 0.3) is 0 Å². The van der Waals surface area contributed by atoms with E-state index in [0.717, 1.165) is 5.56 Å². The monoisotopic (exact) mass is 386 g/mol. The Bertz CT molecular complexity index is 796. The highest BCUT2D eigenvalue weighted by molar-refractivity contribution is 5.95. The minimum absolute atomic E-state index is 0.152. The zero-order chi connectivity index (χ0) is 20.4. The van der Waals surface area contributed by atoms with Crippen molar-refractivity contribution in [3.63, 3.8) is 0 Å². The fourth-order valence-corrected chi connectivity index (χ4v) is 2.46. The first-order valence-corrected chi connectivity index (χ1v) is 8.55. The van der Waals surface area contributed by atoms with Gasteiger partial charge in [-0.3, -0.25) is 14.8 Å². The van der Waals surface area contributed by atoms with Gasteiger partial charge in [-0.1, -0.05) is 30.3 Å². The fraction of sp³-hybridized carbons (Fsp3) is 0.211. The zero-order valence-corrected chi connectivity index (χ0v) is 15.1. The van der Waals surface area contributed by atoms with Crippen LogP contribution in [0.1, 0.15) is 15.9 Å². The van der Waals surface area contributed by atoms with Crippen molar-refractivity contribution in [3.8, 4) is 0 Å². The summed E-state index contributed by atoms with van der Waals surface area (Å²) in [5.41, 5.74) is 3.25. The van der Waals surface area contributed by atoms with Gasteiger partial charge in [0.1, 0.15) is 0 Å². The van der Waals surface area contributed by atoms with E-state index in [2.05, 4.69) is 10.6 Å². The van der Waals surface area contributed by atoms with Gasteiger partial charge in [0, 0.05) is 24.3 Å². The van der Waals surface area contributed by atoms with Crippen LogP contribution in [0.2, 0.25) is 0 Å². The maximum absolute atomic E-state index is 12.6. The number of aliphatic hydroxyl groups excluding tert-OH is 1. The second kappa shape index (κ2) is 10.7. The third-order valence-corrected chi connectivity index (χ3v) is 3.80. The molecule has 0 spiro atoms. The SMILES string of the molecule is O=C(CNC(=O)NO)Nc1ccc(CN(CCO)C(=O)c2ccccc2)cc1. The van der Waals surface area contributed by atoms with Crippen LogP contribution in [0.15, 0.2) is 54.6 Å². The quantitative estimate of drug-likeness (QED) is 0.340. The number of rotatable bonds is 8. The molecule has 9 nitrogen and oxygen atoms in total. The summed E-state index contributed by atoms with van der Waals surface area (Å²) in [7, 11) is 0. The van der Waals surface area contributed by atoms with Crippen LogP contribution in [-0.2, 0) is 11.3 Å². The Morgan fingerprint density at radius 3 is 2.25 bits per heavy atom. The largest absolute Gasteiger partial charge is 0.395 e. The van der Waals surface area contributed by atoms with E-state index >= 15 is 0 Å². The Balaban J connectivity index is 1.96. The number of aliphatic hydroxyl groups is 1. The average Bonchev–Trinajstić information content (AvgIpc) is 2.73. The summed E-state index contributed by atoms with van der Waals surface area (Å²) in [4.78, 5) is 36.7. The molecule has 0 aliphatic rings. The average molecular weight is 386 g/mol. The van der Waals surface area contributed by atoms with E-state index in [1.54, 1.807) is 53.4 Å². The lowest BCUT2D eigenvalue weighted by molar-refractivity contribution is -0.115.